The minimum Gasteiger partial charge on any atom is -0.335 e. The van der Waals surface area contributed by atoms with Gasteiger partial charge < -0.3 is 15.2 Å². The molecular weight excluding hydrogens is 412 g/mol. The van der Waals surface area contributed by atoms with Crippen molar-refractivity contribution in [1.29, 1.82) is 0 Å². The van der Waals surface area contributed by atoms with Crippen LogP contribution in [-0.2, 0) is 4.79 Å². The molecular formula is C23H20N4O3S. The summed E-state index contributed by atoms with van der Waals surface area (Å²) in [5.74, 6) is -0.159. The molecule has 3 heterocycles. The van der Waals surface area contributed by atoms with Crippen molar-refractivity contribution in [2.75, 3.05) is 10.6 Å². The number of benzene rings is 1. The van der Waals surface area contributed by atoms with Crippen molar-refractivity contribution in [2.45, 2.75) is 26.7 Å². The highest BCUT2D eigenvalue weighted by molar-refractivity contribution is 7.15. The quantitative estimate of drug-likeness (QED) is 0.453. The predicted octanol–water partition coefficient (Wildman–Crippen LogP) is 5.17. The van der Waals surface area contributed by atoms with Gasteiger partial charge in [0, 0.05) is 22.2 Å². The van der Waals surface area contributed by atoms with Crippen molar-refractivity contribution in [3.8, 4) is 10.6 Å². The third kappa shape index (κ3) is 3.94. The van der Waals surface area contributed by atoms with Gasteiger partial charge in [-0.2, -0.15) is 0 Å². The fraction of sp³-hybridized carbons (Fsp3) is 0.217. The molecule has 4 aromatic rings. The van der Waals surface area contributed by atoms with Gasteiger partial charge in [-0.3, -0.25) is 9.59 Å². The van der Waals surface area contributed by atoms with E-state index in [4.69, 9.17) is 4.52 Å². The highest BCUT2D eigenvalue weighted by Gasteiger charge is 2.29. The highest BCUT2D eigenvalue weighted by atomic mass is 32.1. The molecule has 1 aliphatic carbocycles. The lowest BCUT2D eigenvalue weighted by atomic mass is 10.1. The molecule has 8 heteroatoms. The Kier molecular flexibility index (Phi) is 4.78. The minimum atomic E-state index is -0.293. The van der Waals surface area contributed by atoms with Crippen LogP contribution < -0.4 is 10.6 Å². The van der Waals surface area contributed by atoms with Crippen LogP contribution in [0.4, 0.5) is 11.4 Å². The Morgan fingerprint density at radius 2 is 1.84 bits per heavy atom. The summed E-state index contributed by atoms with van der Waals surface area (Å²) in [4.78, 5) is 31.9. The van der Waals surface area contributed by atoms with Crippen molar-refractivity contribution >= 4 is 45.6 Å². The Bertz CT molecular complexity index is 1320. The van der Waals surface area contributed by atoms with E-state index < -0.39 is 0 Å². The van der Waals surface area contributed by atoms with Gasteiger partial charge in [-0.05, 0) is 63.1 Å². The summed E-state index contributed by atoms with van der Waals surface area (Å²) in [6.07, 6.45) is 1.87. The summed E-state index contributed by atoms with van der Waals surface area (Å²) in [6, 6.07) is 12.9. The highest BCUT2D eigenvalue weighted by Crippen LogP contribution is 2.32. The summed E-state index contributed by atoms with van der Waals surface area (Å²) >= 11 is 1.60. The lowest BCUT2D eigenvalue weighted by Crippen LogP contribution is -2.15. The fourth-order valence-corrected chi connectivity index (χ4v) is 4.26. The molecule has 1 saturated carbocycles. The second-order valence-corrected chi connectivity index (χ2v) is 9.00. The lowest BCUT2D eigenvalue weighted by Gasteiger charge is -2.10. The molecule has 0 saturated heterocycles. The van der Waals surface area contributed by atoms with Crippen LogP contribution in [0.15, 0.2) is 47.0 Å². The van der Waals surface area contributed by atoms with E-state index in [-0.39, 0.29) is 17.7 Å². The molecule has 0 bridgehead atoms. The number of carbonyl (C=O) groups is 2. The number of hydrogen-bond donors (Lipinski definition) is 2. The van der Waals surface area contributed by atoms with Crippen LogP contribution in [0, 0.1) is 19.8 Å². The number of aryl methyl sites for hydroxylation is 2. The van der Waals surface area contributed by atoms with Gasteiger partial charge in [-0.25, -0.2) is 4.98 Å². The van der Waals surface area contributed by atoms with E-state index in [0.717, 1.165) is 22.6 Å². The first-order valence-electron chi connectivity index (χ1n) is 10.0. The largest absolute Gasteiger partial charge is 0.335 e. The molecule has 0 atom stereocenters. The number of hydrogen-bond acceptors (Lipinski definition) is 6. The van der Waals surface area contributed by atoms with Crippen molar-refractivity contribution < 1.29 is 14.1 Å². The number of thiophene rings is 1. The molecule has 3 aromatic heterocycles. The van der Waals surface area contributed by atoms with Gasteiger partial charge in [0.15, 0.2) is 0 Å². The summed E-state index contributed by atoms with van der Waals surface area (Å²) in [5, 5.41) is 10.4. The second-order valence-electron chi connectivity index (χ2n) is 7.71. The van der Waals surface area contributed by atoms with Gasteiger partial charge in [0.1, 0.15) is 0 Å². The molecule has 1 fully saturated rings. The Hall–Kier alpha value is -3.52. The smallest absolute Gasteiger partial charge is 0.259 e. The SMILES string of the molecule is Cc1ccc(-c2cc(C(=O)Nc3cccc(NC(=O)C4CC4)c3)c3c(C)noc3n2)s1. The number of aromatic nitrogens is 2. The zero-order valence-electron chi connectivity index (χ0n) is 17.1. The molecule has 0 unspecified atom stereocenters. The van der Waals surface area contributed by atoms with Crippen molar-refractivity contribution in [3.63, 3.8) is 0 Å². The van der Waals surface area contributed by atoms with Gasteiger partial charge in [0.25, 0.3) is 11.6 Å². The number of nitrogens with zero attached hydrogens (tertiary/aromatic N) is 2. The van der Waals surface area contributed by atoms with Crippen LogP contribution in [0.2, 0.25) is 0 Å². The topological polar surface area (TPSA) is 97.1 Å². The number of anilines is 2. The second kappa shape index (κ2) is 7.63. The minimum absolute atomic E-state index is 0.0234. The van der Waals surface area contributed by atoms with Gasteiger partial charge >= 0.3 is 0 Å². The molecule has 0 aliphatic heterocycles. The van der Waals surface area contributed by atoms with Gasteiger partial charge in [0.05, 0.1) is 27.2 Å². The Balaban J connectivity index is 1.46. The van der Waals surface area contributed by atoms with E-state index in [2.05, 4.69) is 20.8 Å². The molecule has 0 radical (unpaired) electrons. The van der Waals surface area contributed by atoms with Crippen molar-refractivity contribution in [3.05, 3.63) is 58.6 Å². The standard InChI is InChI=1S/C23H20N4O3S/c1-12-6-9-19(31-12)18-11-17(20-13(2)27-30-23(20)26-18)22(29)25-16-5-3-4-15(10-16)24-21(28)14-7-8-14/h3-6,9-11,14H,7-8H2,1-2H3,(H,24,28)(H,25,29). The van der Waals surface area contributed by atoms with Crippen LogP contribution in [0.1, 0.15) is 33.8 Å². The fourth-order valence-electron chi connectivity index (χ4n) is 3.44. The van der Waals surface area contributed by atoms with E-state index in [1.165, 1.54) is 0 Å². The Morgan fingerprint density at radius 3 is 2.55 bits per heavy atom. The number of nitrogens with one attached hydrogen (secondary N) is 2. The molecule has 2 N–H and O–H groups in total. The van der Waals surface area contributed by atoms with Crippen molar-refractivity contribution in [2.24, 2.45) is 5.92 Å². The zero-order valence-corrected chi connectivity index (χ0v) is 17.9. The maximum absolute atomic E-state index is 13.2. The zero-order chi connectivity index (χ0) is 21.5. The molecule has 1 aliphatic rings. The van der Waals surface area contributed by atoms with Gasteiger partial charge in [-0.1, -0.05) is 11.2 Å². The molecule has 0 spiro atoms. The first kappa shape index (κ1) is 19.4. The Morgan fingerprint density at radius 1 is 1.06 bits per heavy atom. The number of carbonyl (C=O) groups excluding carboxylic acids is 2. The van der Waals surface area contributed by atoms with Crippen LogP contribution in [-0.4, -0.2) is 22.0 Å². The average Bonchev–Trinajstić information content (AvgIpc) is 3.42. The maximum Gasteiger partial charge on any atom is 0.259 e. The van der Waals surface area contributed by atoms with E-state index >= 15 is 0 Å². The third-order valence-corrected chi connectivity index (χ3v) is 6.21. The van der Waals surface area contributed by atoms with Gasteiger partial charge in [-0.15, -0.1) is 11.3 Å². The molecule has 7 nitrogen and oxygen atoms in total. The first-order valence-corrected chi connectivity index (χ1v) is 10.9. The van der Waals surface area contributed by atoms with E-state index in [1.807, 2.05) is 25.1 Å². The molecule has 5 rings (SSSR count). The van der Waals surface area contributed by atoms with Crippen LogP contribution >= 0.6 is 11.3 Å². The molecule has 2 amide bonds. The monoisotopic (exact) mass is 432 g/mol. The van der Waals surface area contributed by atoms with Crippen LogP contribution in [0.25, 0.3) is 21.7 Å². The Labute approximate surface area is 182 Å². The number of amides is 2. The van der Waals surface area contributed by atoms with Gasteiger partial charge in [0.2, 0.25) is 5.91 Å². The number of rotatable bonds is 5. The lowest BCUT2D eigenvalue weighted by molar-refractivity contribution is -0.117. The molecule has 31 heavy (non-hydrogen) atoms. The van der Waals surface area contributed by atoms with Crippen molar-refractivity contribution in [1.82, 2.24) is 10.1 Å². The summed E-state index contributed by atoms with van der Waals surface area (Å²) in [7, 11) is 0. The van der Waals surface area contributed by atoms with Crippen LogP contribution in [0.3, 0.4) is 0 Å². The number of fused-ring (bicyclic) bond motifs is 1. The molecule has 156 valence electrons. The van der Waals surface area contributed by atoms with E-state index in [9.17, 15) is 9.59 Å². The predicted molar refractivity (Wildman–Crippen MR) is 120 cm³/mol. The van der Waals surface area contributed by atoms with Crippen LogP contribution in [0.5, 0.6) is 0 Å². The summed E-state index contributed by atoms with van der Waals surface area (Å²) < 4.78 is 5.37. The summed E-state index contributed by atoms with van der Waals surface area (Å²) in [5.41, 5.74) is 3.29. The third-order valence-electron chi connectivity index (χ3n) is 5.19. The van der Waals surface area contributed by atoms with E-state index in [1.54, 1.807) is 42.5 Å². The normalized spacial score (nSPS) is 13.4. The average molecular weight is 433 g/mol. The van der Waals surface area contributed by atoms with E-state index in [0.29, 0.717) is 39.4 Å². The number of pyridine rings is 1. The first-order chi connectivity index (χ1) is 15.0. The summed E-state index contributed by atoms with van der Waals surface area (Å²) in [6.45, 7) is 3.81. The molecule has 1 aromatic carbocycles. The maximum atomic E-state index is 13.2.